The third-order valence-electron chi connectivity index (χ3n) is 2.57. The van der Waals surface area contributed by atoms with Gasteiger partial charge in [-0.25, -0.2) is 0 Å². The van der Waals surface area contributed by atoms with Gasteiger partial charge in [-0.3, -0.25) is 0 Å². The number of nitrogens with zero attached hydrogens (tertiary/aromatic N) is 1. The molecule has 0 amide bonds. The van der Waals surface area contributed by atoms with Crippen LogP contribution in [0.15, 0.2) is 48.5 Å². The maximum atomic E-state index is 9.00. The highest BCUT2D eigenvalue weighted by Gasteiger charge is 2.03. The Morgan fingerprint density at radius 1 is 1.11 bits per heavy atom. The maximum Gasteiger partial charge on any atom is 0.175 e. The predicted molar refractivity (Wildman–Crippen MR) is 82.2 cm³/mol. The van der Waals surface area contributed by atoms with Crippen molar-refractivity contribution < 1.29 is 0 Å². The van der Waals surface area contributed by atoms with Crippen molar-refractivity contribution in [2.45, 2.75) is 6.92 Å². The van der Waals surface area contributed by atoms with Crippen molar-refractivity contribution in [3.8, 4) is 6.07 Å². The minimum absolute atomic E-state index is 0.466. The minimum atomic E-state index is 0.466. The maximum absolute atomic E-state index is 9.00. The average molecular weight is 267 g/mol. The molecule has 0 aliphatic heterocycles. The molecule has 2 N–H and O–H groups in total. The Labute approximate surface area is 117 Å². The van der Waals surface area contributed by atoms with E-state index in [1.807, 2.05) is 49.4 Å². The van der Waals surface area contributed by atoms with Crippen molar-refractivity contribution in [2.24, 2.45) is 0 Å². The lowest BCUT2D eigenvalue weighted by molar-refractivity contribution is 1.46. The smallest absolute Gasteiger partial charge is 0.175 e. The van der Waals surface area contributed by atoms with Crippen LogP contribution >= 0.6 is 12.2 Å². The van der Waals surface area contributed by atoms with E-state index in [9.17, 15) is 0 Å². The number of hydrogen-bond acceptors (Lipinski definition) is 2. The molecule has 0 radical (unpaired) electrons. The van der Waals surface area contributed by atoms with Crippen LogP contribution in [0.25, 0.3) is 0 Å². The number of nitrogens with one attached hydrogen (secondary N) is 2. The second-order valence-corrected chi connectivity index (χ2v) is 4.51. The number of nitriles is 1. The highest BCUT2D eigenvalue weighted by atomic mass is 32.1. The van der Waals surface area contributed by atoms with Gasteiger partial charge in [-0.15, -0.1) is 0 Å². The molecule has 0 aliphatic carbocycles. The first-order chi connectivity index (χ1) is 9.19. The zero-order chi connectivity index (χ0) is 13.7. The molecule has 2 aromatic rings. The van der Waals surface area contributed by atoms with Gasteiger partial charge in [0.1, 0.15) is 6.07 Å². The SMILES string of the molecule is Cc1cccc(NC(=S)Nc2ccccc2C#N)c1. The van der Waals surface area contributed by atoms with Gasteiger partial charge >= 0.3 is 0 Å². The van der Waals surface area contributed by atoms with Gasteiger partial charge in [0, 0.05) is 5.69 Å². The molecule has 0 saturated heterocycles. The molecule has 19 heavy (non-hydrogen) atoms. The summed E-state index contributed by atoms with van der Waals surface area (Å²) in [5, 5.41) is 15.6. The van der Waals surface area contributed by atoms with Gasteiger partial charge in [-0.05, 0) is 49.0 Å². The van der Waals surface area contributed by atoms with Gasteiger partial charge < -0.3 is 10.6 Å². The quantitative estimate of drug-likeness (QED) is 0.815. The van der Waals surface area contributed by atoms with E-state index in [0.29, 0.717) is 16.4 Å². The normalized spacial score (nSPS) is 9.47. The largest absolute Gasteiger partial charge is 0.332 e. The molecular weight excluding hydrogens is 254 g/mol. The Kier molecular flexibility index (Phi) is 4.11. The van der Waals surface area contributed by atoms with Gasteiger partial charge in [0.2, 0.25) is 0 Å². The zero-order valence-corrected chi connectivity index (χ0v) is 11.3. The monoisotopic (exact) mass is 267 g/mol. The molecule has 0 aromatic heterocycles. The number of aryl methyl sites for hydroxylation is 1. The van der Waals surface area contributed by atoms with Crippen LogP contribution < -0.4 is 10.6 Å². The summed E-state index contributed by atoms with van der Waals surface area (Å²) in [5.74, 6) is 0. The Balaban J connectivity index is 2.08. The fraction of sp³-hybridized carbons (Fsp3) is 0.0667. The topological polar surface area (TPSA) is 47.8 Å². The molecule has 94 valence electrons. The molecule has 0 heterocycles. The number of benzene rings is 2. The fourth-order valence-corrected chi connectivity index (χ4v) is 1.92. The van der Waals surface area contributed by atoms with E-state index < -0.39 is 0 Å². The van der Waals surface area contributed by atoms with Gasteiger partial charge in [0.25, 0.3) is 0 Å². The third kappa shape index (κ3) is 3.54. The Morgan fingerprint density at radius 2 is 1.89 bits per heavy atom. The highest BCUT2D eigenvalue weighted by molar-refractivity contribution is 7.80. The van der Waals surface area contributed by atoms with Crippen molar-refractivity contribution in [3.05, 3.63) is 59.7 Å². The molecule has 4 heteroatoms. The lowest BCUT2D eigenvalue weighted by Crippen LogP contribution is -2.19. The first-order valence-corrected chi connectivity index (χ1v) is 6.23. The van der Waals surface area contributed by atoms with Gasteiger partial charge in [0.15, 0.2) is 5.11 Å². The third-order valence-corrected chi connectivity index (χ3v) is 2.78. The molecule has 0 unspecified atom stereocenters. The molecular formula is C15H13N3S. The predicted octanol–water partition coefficient (Wildman–Crippen LogP) is 3.68. The molecule has 0 spiro atoms. The number of thiocarbonyl (C=S) groups is 1. The summed E-state index contributed by atoms with van der Waals surface area (Å²) >= 11 is 5.24. The van der Waals surface area contributed by atoms with E-state index >= 15 is 0 Å². The van der Waals surface area contributed by atoms with Crippen molar-refractivity contribution in [2.75, 3.05) is 10.6 Å². The second kappa shape index (κ2) is 5.98. The van der Waals surface area contributed by atoms with Crippen molar-refractivity contribution >= 4 is 28.7 Å². The summed E-state index contributed by atoms with van der Waals surface area (Å²) in [6, 6.07) is 17.3. The van der Waals surface area contributed by atoms with E-state index in [2.05, 4.69) is 16.7 Å². The molecule has 0 atom stereocenters. The molecule has 0 saturated carbocycles. The molecule has 0 bridgehead atoms. The van der Waals surface area contributed by atoms with Crippen LogP contribution in [-0.2, 0) is 0 Å². The number of para-hydroxylation sites is 1. The molecule has 2 rings (SSSR count). The van der Waals surface area contributed by atoms with Crippen molar-refractivity contribution in [1.29, 1.82) is 5.26 Å². The summed E-state index contributed by atoms with van der Waals surface area (Å²) in [4.78, 5) is 0. The molecule has 0 aliphatic rings. The van der Waals surface area contributed by atoms with Crippen LogP contribution in [-0.4, -0.2) is 5.11 Å². The summed E-state index contributed by atoms with van der Waals surface area (Å²) in [5.41, 5.74) is 3.35. The van der Waals surface area contributed by atoms with E-state index in [1.165, 1.54) is 0 Å². The minimum Gasteiger partial charge on any atom is -0.332 e. The summed E-state index contributed by atoms with van der Waals surface area (Å²) in [7, 11) is 0. The standard InChI is InChI=1S/C15H13N3S/c1-11-5-4-7-13(9-11)17-15(19)18-14-8-3-2-6-12(14)10-16/h2-9H,1H3,(H2,17,18,19). The van der Waals surface area contributed by atoms with Gasteiger partial charge in [-0.2, -0.15) is 5.26 Å². The van der Waals surface area contributed by atoms with Crippen LogP contribution in [0.3, 0.4) is 0 Å². The lowest BCUT2D eigenvalue weighted by Gasteiger charge is -2.11. The van der Waals surface area contributed by atoms with Crippen molar-refractivity contribution in [3.63, 3.8) is 0 Å². The first kappa shape index (κ1) is 13.1. The summed E-state index contributed by atoms with van der Waals surface area (Å²) in [6.07, 6.45) is 0. The fourth-order valence-electron chi connectivity index (χ4n) is 1.70. The number of anilines is 2. The Bertz CT molecular complexity index is 644. The van der Waals surface area contributed by atoms with E-state index in [1.54, 1.807) is 6.07 Å². The first-order valence-electron chi connectivity index (χ1n) is 5.83. The summed E-state index contributed by atoms with van der Waals surface area (Å²) < 4.78 is 0. The number of rotatable bonds is 2. The lowest BCUT2D eigenvalue weighted by atomic mass is 10.2. The van der Waals surface area contributed by atoms with Crippen molar-refractivity contribution in [1.82, 2.24) is 0 Å². The van der Waals surface area contributed by atoms with Crippen LogP contribution in [0.4, 0.5) is 11.4 Å². The summed E-state index contributed by atoms with van der Waals surface area (Å²) in [6.45, 7) is 2.02. The van der Waals surface area contributed by atoms with Crippen LogP contribution in [0, 0.1) is 18.3 Å². The van der Waals surface area contributed by atoms with E-state index in [4.69, 9.17) is 17.5 Å². The molecule has 3 nitrogen and oxygen atoms in total. The number of hydrogen-bond donors (Lipinski definition) is 2. The second-order valence-electron chi connectivity index (χ2n) is 4.11. The Morgan fingerprint density at radius 3 is 2.63 bits per heavy atom. The molecule has 0 fully saturated rings. The van der Waals surface area contributed by atoms with E-state index in [-0.39, 0.29) is 0 Å². The van der Waals surface area contributed by atoms with Crippen LogP contribution in [0.1, 0.15) is 11.1 Å². The van der Waals surface area contributed by atoms with Crippen LogP contribution in [0.2, 0.25) is 0 Å². The average Bonchev–Trinajstić information content (AvgIpc) is 2.39. The zero-order valence-electron chi connectivity index (χ0n) is 10.5. The van der Waals surface area contributed by atoms with Gasteiger partial charge in [0.05, 0.1) is 11.3 Å². The van der Waals surface area contributed by atoms with Gasteiger partial charge in [-0.1, -0.05) is 24.3 Å². The Hall–Kier alpha value is -2.38. The highest BCUT2D eigenvalue weighted by Crippen LogP contribution is 2.15. The van der Waals surface area contributed by atoms with E-state index in [0.717, 1.165) is 11.3 Å². The molecule has 2 aromatic carbocycles. The van der Waals surface area contributed by atoms with Crippen LogP contribution in [0.5, 0.6) is 0 Å².